The molecule has 6 nitrogen and oxygen atoms in total. The summed E-state index contributed by atoms with van der Waals surface area (Å²) in [5.41, 5.74) is 1.23. The highest BCUT2D eigenvalue weighted by Gasteiger charge is 2.18. The molecule has 1 aromatic rings. The van der Waals surface area contributed by atoms with Crippen LogP contribution in [0.15, 0.2) is 35.3 Å². The number of guanidine groups is 1. The quantitative estimate of drug-likeness (QED) is 0.186. The summed E-state index contributed by atoms with van der Waals surface area (Å²) >= 11 is 0. The van der Waals surface area contributed by atoms with Gasteiger partial charge in [-0.3, -0.25) is 4.99 Å². The summed E-state index contributed by atoms with van der Waals surface area (Å²) in [6, 6.07) is 10.4. The minimum atomic E-state index is 0. The van der Waals surface area contributed by atoms with Crippen LogP contribution in [0.5, 0.6) is 0 Å². The van der Waals surface area contributed by atoms with E-state index in [-0.39, 0.29) is 30.1 Å². The molecule has 0 spiro atoms. The summed E-state index contributed by atoms with van der Waals surface area (Å²) < 4.78 is 11.1. The summed E-state index contributed by atoms with van der Waals surface area (Å²) in [6.45, 7) is 11.8. The van der Waals surface area contributed by atoms with Crippen LogP contribution in [0.3, 0.4) is 0 Å². The van der Waals surface area contributed by atoms with Crippen molar-refractivity contribution in [3.05, 3.63) is 35.9 Å². The SMILES string of the molecule is CCNC(=NCC1CCN(CCOC)CC1)NCCCOC(C)c1ccccc1.I. The van der Waals surface area contributed by atoms with Gasteiger partial charge in [-0.15, -0.1) is 24.0 Å². The average Bonchev–Trinajstić information content (AvgIpc) is 2.77. The Morgan fingerprint density at radius 2 is 1.90 bits per heavy atom. The molecule has 172 valence electrons. The lowest BCUT2D eigenvalue weighted by Crippen LogP contribution is -2.39. The number of benzene rings is 1. The maximum Gasteiger partial charge on any atom is 0.191 e. The molecule has 0 aliphatic carbocycles. The van der Waals surface area contributed by atoms with Gasteiger partial charge < -0.3 is 25.0 Å². The van der Waals surface area contributed by atoms with Crippen molar-refractivity contribution >= 4 is 29.9 Å². The largest absolute Gasteiger partial charge is 0.383 e. The minimum Gasteiger partial charge on any atom is -0.383 e. The van der Waals surface area contributed by atoms with E-state index >= 15 is 0 Å². The second-order valence-corrected chi connectivity index (χ2v) is 7.70. The second kappa shape index (κ2) is 16.8. The average molecular weight is 533 g/mol. The molecule has 1 aliphatic heterocycles. The Bertz CT molecular complexity index is 566. The van der Waals surface area contributed by atoms with Gasteiger partial charge in [0.2, 0.25) is 0 Å². The van der Waals surface area contributed by atoms with Crippen molar-refractivity contribution in [1.29, 1.82) is 0 Å². The number of methoxy groups -OCH3 is 1. The molecule has 1 saturated heterocycles. The van der Waals surface area contributed by atoms with E-state index in [1.165, 1.54) is 18.4 Å². The lowest BCUT2D eigenvalue weighted by Gasteiger charge is -2.31. The van der Waals surface area contributed by atoms with E-state index in [9.17, 15) is 0 Å². The van der Waals surface area contributed by atoms with Crippen LogP contribution in [-0.2, 0) is 9.47 Å². The Morgan fingerprint density at radius 1 is 1.17 bits per heavy atom. The maximum atomic E-state index is 5.95. The Morgan fingerprint density at radius 3 is 2.57 bits per heavy atom. The molecule has 0 radical (unpaired) electrons. The van der Waals surface area contributed by atoms with Crippen LogP contribution < -0.4 is 10.6 Å². The number of aliphatic imine (C=N–C) groups is 1. The third kappa shape index (κ3) is 10.9. The Labute approximate surface area is 200 Å². The van der Waals surface area contributed by atoms with Crippen LogP contribution in [0.25, 0.3) is 0 Å². The van der Waals surface area contributed by atoms with Gasteiger partial charge in [-0.2, -0.15) is 0 Å². The fourth-order valence-electron chi connectivity index (χ4n) is 3.53. The highest BCUT2D eigenvalue weighted by atomic mass is 127. The topological polar surface area (TPSA) is 58.1 Å². The first-order valence-corrected chi connectivity index (χ1v) is 11.1. The molecular weight excluding hydrogens is 491 g/mol. The minimum absolute atomic E-state index is 0. The molecule has 0 saturated carbocycles. The van der Waals surface area contributed by atoms with Crippen LogP contribution in [0.2, 0.25) is 0 Å². The summed E-state index contributed by atoms with van der Waals surface area (Å²) in [4.78, 5) is 7.30. The van der Waals surface area contributed by atoms with E-state index < -0.39 is 0 Å². The zero-order chi connectivity index (χ0) is 20.7. The number of nitrogens with zero attached hydrogens (tertiary/aromatic N) is 2. The molecule has 30 heavy (non-hydrogen) atoms. The first kappa shape index (κ1) is 27.1. The molecule has 0 aromatic heterocycles. The molecule has 1 unspecified atom stereocenters. The van der Waals surface area contributed by atoms with Crippen molar-refractivity contribution in [3.8, 4) is 0 Å². The van der Waals surface area contributed by atoms with Crippen LogP contribution in [0, 0.1) is 5.92 Å². The van der Waals surface area contributed by atoms with Crippen molar-refractivity contribution in [2.24, 2.45) is 10.9 Å². The van der Waals surface area contributed by atoms with Crippen LogP contribution in [-0.4, -0.2) is 70.5 Å². The van der Waals surface area contributed by atoms with E-state index in [0.29, 0.717) is 5.92 Å². The molecule has 1 atom stereocenters. The first-order valence-electron chi connectivity index (χ1n) is 11.1. The van der Waals surface area contributed by atoms with Gasteiger partial charge >= 0.3 is 0 Å². The highest BCUT2D eigenvalue weighted by molar-refractivity contribution is 14.0. The van der Waals surface area contributed by atoms with Crippen molar-refractivity contribution in [2.45, 2.75) is 39.2 Å². The van der Waals surface area contributed by atoms with Gasteiger partial charge in [0.25, 0.3) is 0 Å². The van der Waals surface area contributed by atoms with Gasteiger partial charge in [0.1, 0.15) is 0 Å². The highest BCUT2D eigenvalue weighted by Crippen LogP contribution is 2.17. The molecule has 2 N–H and O–H groups in total. The fourth-order valence-corrected chi connectivity index (χ4v) is 3.53. The van der Waals surface area contributed by atoms with Gasteiger partial charge in [-0.25, -0.2) is 0 Å². The van der Waals surface area contributed by atoms with E-state index in [1.807, 2.05) is 6.07 Å². The van der Waals surface area contributed by atoms with Crippen LogP contribution in [0.1, 0.15) is 44.8 Å². The molecule has 1 aromatic carbocycles. The Balaban J connectivity index is 0.00000450. The molecule has 1 heterocycles. The van der Waals surface area contributed by atoms with Crippen molar-refractivity contribution in [3.63, 3.8) is 0 Å². The molecular formula is C23H41IN4O2. The second-order valence-electron chi connectivity index (χ2n) is 7.70. The van der Waals surface area contributed by atoms with Gasteiger partial charge in [0.05, 0.1) is 12.7 Å². The van der Waals surface area contributed by atoms with Crippen LogP contribution >= 0.6 is 24.0 Å². The number of ether oxygens (including phenoxy) is 2. The number of rotatable bonds is 12. The van der Waals surface area contributed by atoms with Crippen LogP contribution in [0.4, 0.5) is 0 Å². The van der Waals surface area contributed by atoms with Crippen molar-refractivity contribution in [2.75, 3.05) is 59.6 Å². The Kier molecular flexibility index (Phi) is 15.2. The summed E-state index contributed by atoms with van der Waals surface area (Å²) in [7, 11) is 1.77. The number of hydrogen-bond donors (Lipinski definition) is 2. The molecule has 2 rings (SSSR count). The predicted octanol–water partition coefficient (Wildman–Crippen LogP) is 3.69. The molecule has 1 aliphatic rings. The van der Waals surface area contributed by atoms with Crippen molar-refractivity contribution < 1.29 is 9.47 Å². The molecule has 7 heteroatoms. The number of likely N-dealkylation sites (tertiary alicyclic amines) is 1. The number of halogens is 1. The standard InChI is InChI=1S/C23H40N4O2.HI/c1-4-24-23(26-19-21-11-14-27(15-12-21)16-18-28-3)25-13-8-17-29-20(2)22-9-6-5-7-10-22;/h5-7,9-10,20-21H,4,8,11-19H2,1-3H3,(H2,24,25,26);1H. The number of nitrogens with one attached hydrogen (secondary N) is 2. The lowest BCUT2D eigenvalue weighted by atomic mass is 9.97. The van der Waals surface area contributed by atoms with E-state index in [0.717, 1.165) is 64.9 Å². The summed E-state index contributed by atoms with van der Waals surface area (Å²) in [5.74, 6) is 1.60. The lowest BCUT2D eigenvalue weighted by molar-refractivity contribution is 0.0646. The fraction of sp³-hybridized carbons (Fsp3) is 0.696. The normalized spacial score (nSPS) is 16.7. The van der Waals surface area contributed by atoms with E-state index in [2.05, 4.69) is 53.6 Å². The predicted molar refractivity (Wildman–Crippen MR) is 136 cm³/mol. The molecule has 1 fully saturated rings. The third-order valence-corrected chi connectivity index (χ3v) is 5.42. The summed E-state index contributed by atoms with van der Waals surface area (Å²) in [5, 5.41) is 6.80. The third-order valence-electron chi connectivity index (χ3n) is 5.42. The van der Waals surface area contributed by atoms with Gasteiger partial charge in [-0.1, -0.05) is 30.3 Å². The van der Waals surface area contributed by atoms with Crippen molar-refractivity contribution in [1.82, 2.24) is 15.5 Å². The first-order chi connectivity index (χ1) is 14.2. The van der Waals surface area contributed by atoms with Gasteiger partial charge in [-0.05, 0) is 57.7 Å². The Hall–Kier alpha value is -0.900. The zero-order valence-corrected chi connectivity index (χ0v) is 21.3. The van der Waals surface area contributed by atoms with Gasteiger partial charge in [0, 0.05) is 39.9 Å². The van der Waals surface area contributed by atoms with E-state index in [1.54, 1.807) is 7.11 Å². The number of hydrogen-bond acceptors (Lipinski definition) is 4. The molecule has 0 bridgehead atoms. The van der Waals surface area contributed by atoms with E-state index in [4.69, 9.17) is 14.5 Å². The molecule has 0 amide bonds. The maximum absolute atomic E-state index is 5.95. The summed E-state index contributed by atoms with van der Waals surface area (Å²) in [6.07, 6.45) is 3.53. The van der Waals surface area contributed by atoms with Gasteiger partial charge in [0.15, 0.2) is 5.96 Å². The number of piperidine rings is 1. The smallest absolute Gasteiger partial charge is 0.191 e. The zero-order valence-electron chi connectivity index (χ0n) is 18.9. The monoisotopic (exact) mass is 532 g/mol.